The third-order valence-corrected chi connectivity index (χ3v) is 8.42. The summed E-state index contributed by atoms with van der Waals surface area (Å²) in [5, 5.41) is 29.0. The Balaban J connectivity index is 2.33. The van der Waals surface area contributed by atoms with Crippen molar-refractivity contribution in [2.24, 2.45) is 0 Å². The average Bonchev–Trinajstić information content (AvgIpc) is 3.41. The summed E-state index contributed by atoms with van der Waals surface area (Å²) >= 11 is 0. The minimum Gasteiger partial charge on any atom is -0.457 e. The zero-order chi connectivity index (χ0) is 32.3. The fourth-order valence-corrected chi connectivity index (χ4v) is 5.68. The topological polar surface area (TPSA) is 132 Å². The third kappa shape index (κ3) is 20.0. The van der Waals surface area contributed by atoms with E-state index >= 15 is 0 Å². The van der Waals surface area contributed by atoms with Gasteiger partial charge in [-0.1, -0.05) is 129 Å². The fraction of sp³-hybridized carbons (Fsp3) is 0.943. The van der Waals surface area contributed by atoms with E-state index in [4.69, 9.17) is 18.9 Å². The van der Waals surface area contributed by atoms with E-state index in [0.717, 1.165) is 51.4 Å². The Morgan fingerprint density at radius 1 is 0.682 bits per heavy atom. The summed E-state index contributed by atoms with van der Waals surface area (Å²) < 4.78 is 22.8. The van der Waals surface area contributed by atoms with Crippen molar-refractivity contribution in [3.05, 3.63) is 0 Å². The molecule has 1 unspecified atom stereocenters. The Bertz CT molecular complexity index is 689. The second-order valence-corrected chi connectivity index (χ2v) is 12.5. The van der Waals surface area contributed by atoms with Crippen molar-refractivity contribution in [1.82, 2.24) is 0 Å². The van der Waals surface area contributed by atoms with Crippen LogP contribution in [0.4, 0.5) is 0 Å². The molecule has 260 valence electrons. The molecule has 0 saturated carbocycles. The maximum Gasteiger partial charge on any atom is 0.306 e. The molecule has 1 rings (SSSR count). The largest absolute Gasteiger partial charge is 0.457 e. The summed E-state index contributed by atoms with van der Waals surface area (Å²) in [6, 6.07) is 0. The number of esters is 2. The average molecular weight is 631 g/mol. The van der Waals surface area contributed by atoms with Crippen LogP contribution < -0.4 is 0 Å². The molecule has 0 aromatic carbocycles. The summed E-state index contributed by atoms with van der Waals surface area (Å²) in [7, 11) is 0. The van der Waals surface area contributed by atoms with E-state index in [-0.39, 0.29) is 32.0 Å². The molecular formula is C35H66O9. The number of aliphatic hydroxyl groups excluding tert-OH is 3. The van der Waals surface area contributed by atoms with E-state index in [2.05, 4.69) is 13.8 Å². The van der Waals surface area contributed by atoms with Gasteiger partial charge >= 0.3 is 11.9 Å². The molecule has 1 saturated heterocycles. The molecule has 1 heterocycles. The van der Waals surface area contributed by atoms with Gasteiger partial charge in [0.05, 0.1) is 26.4 Å². The van der Waals surface area contributed by atoms with Crippen LogP contribution in [-0.4, -0.2) is 84.2 Å². The third-order valence-electron chi connectivity index (χ3n) is 8.42. The van der Waals surface area contributed by atoms with Crippen LogP contribution in [0.1, 0.15) is 155 Å². The van der Waals surface area contributed by atoms with Crippen LogP contribution in [0.15, 0.2) is 0 Å². The highest BCUT2D eigenvalue weighted by Crippen LogP contribution is 2.26. The highest BCUT2D eigenvalue weighted by molar-refractivity contribution is 5.70. The van der Waals surface area contributed by atoms with Crippen LogP contribution in [-0.2, 0) is 28.5 Å². The Morgan fingerprint density at radius 3 is 1.59 bits per heavy atom. The van der Waals surface area contributed by atoms with Crippen molar-refractivity contribution in [2.45, 2.75) is 186 Å². The Kier molecular flexibility index (Phi) is 25.9. The number of rotatable bonds is 30. The van der Waals surface area contributed by atoms with Crippen LogP contribution in [0, 0.1) is 0 Å². The zero-order valence-electron chi connectivity index (χ0n) is 28.1. The van der Waals surface area contributed by atoms with E-state index in [1.807, 2.05) is 0 Å². The van der Waals surface area contributed by atoms with Crippen LogP contribution in [0.3, 0.4) is 0 Å². The second kappa shape index (κ2) is 28.0. The van der Waals surface area contributed by atoms with Gasteiger partial charge in [0.25, 0.3) is 0 Å². The fourth-order valence-electron chi connectivity index (χ4n) is 5.68. The van der Waals surface area contributed by atoms with Gasteiger partial charge in [-0.15, -0.1) is 0 Å². The number of carbonyl (C=O) groups is 2. The van der Waals surface area contributed by atoms with Gasteiger partial charge in [-0.05, 0) is 12.8 Å². The first-order valence-corrected chi connectivity index (χ1v) is 18.0. The molecule has 0 spiro atoms. The monoisotopic (exact) mass is 630 g/mol. The lowest BCUT2D eigenvalue weighted by molar-refractivity contribution is -0.170. The van der Waals surface area contributed by atoms with Crippen molar-refractivity contribution in [3.8, 4) is 0 Å². The molecule has 44 heavy (non-hydrogen) atoms. The highest BCUT2D eigenvalue weighted by Gasteiger charge is 2.46. The number of carbonyl (C=O) groups excluding carboxylic acids is 2. The van der Waals surface area contributed by atoms with Crippen LogP contribution in [0.5, 0.6) is 0 Å². The van der Waals surface area contributed by atoms with Crippen LogP contribution in [0.2, 0.25) is 0 Å². The molecule has 5 atom stereocenters. The molecule has 1 fully saturated rings. The first-order valence-electron chi connectivity index (χ1n) is 18.0. The molecule has 0 aromatic rings. The lowest BCUT2D eigenvalue weighted by atomic mass is 10.0. The Labute approximate surface area is 267 Å². The molecule has 0 amide bonds. The minimum atomic E-state index is -1.12. The number of unbranched alkanes of at least 4 members (excludes halogenated alkanes) is 18. The smallest absolute Gasteiger partial charge is 0.306 e. The summed E-state index contributed by atoms with van der Waals surface area (Å²) in [6.07, 6.45) is 19.7. The normalized spacial score (nSPS) is 19.6. The first kappa shape index (κ1) is 40.8. The molecular weight excluding hydrogens is 564 g/mol. The Hall–Kier alpha value is -1.26. The number of hydrogen-bond acceptors (Lipinski definition) is 9. The Morgan fingerprint density at radius 2 is 1.14 bits per heavy atom. The number of ether oxygens (including phenoxy) is 4. The molecule has 1 aliphatic rings. The zero-order valence-corrected chi connectivity index (χ0v) is 28.1. The summed E-state index contributed by atoms with van der Waals surface area (Å²) in [5.74, 6) is -0.776. The van der Waals surface area contributed by atoms with E-state index < -0.39 is 49.7 Å². The van der Waals surface area contributed by atoms with Crippen molar-refractivity contribution in [1.29, 1.82) is 0 Å². The van der Waals surface area contributed by atoms with Gasteiger partial charge in [0.15, 0.2) is 12.2 Å². The molecule has 9 heteroatoms. The minimum absolute atomic E-state index is 0.0270. The highest BCUT2D eigenvalue weighted by atomic mass is 16.6. The van der Waals surface area contributed by atoms with Gasteiger partial charge in [-0.2, -0.15) is 0 Å². The maximum atomic E-state index is 12.6. The lowest BCUT2D eigenvalue weighted by Gasteiger charge is -2.28. The first-order chi connectivity index (χ1) is 21.5. The van der Waals surface area contributed by atoms with E-state index in [1.54, 1.807) is 0 Å². The SMILES string of the molecule is CCCCCCCCCCCCCCCCCC(=O)O[C@H](CO)[C@H]1OC[C@H](OC(=O)CCCCCCC)[C@H]1OCC(O)CO. The van der Waals surface area contributed by atoms with Gasteiger partial charge in [0.1, 0.15) is 18.3 Å². The van der Waals surface area contributed by atoms with Crippen molar-refractivity contribution >= 4 is 11.9 Å². The van der Waals surface area contributed by atoms with Crippen LogP contribution in [0.25, 0.3) is 0 Å². The van der Waals surface area contributed by atoms with E-state index in [1.165, 1.54) is 77.0 Å². The number of aliphatic hydroxyl groups is 3. The molecule has 0 radical (unpaired) electrons. The predicted octanol–water partition coefficient (Wildman–Crippen LogP) is 6.56. The van der Waals surface area contributed by atoms with Crippen LogP contribution >= 0.6 is 0 Å². The molecule has 3 N–H and O–H groups in total. The van der Waals surface area contributed by atoms with E-state index in [0.29, 0.717) is 0 Å². The van der Waals surface area contributed by atoms with Gasteiger partial charge < -0.3 is 34.3 Å². The van der Waals surface area contributed by atoms with Gasteiger partial charge in [-0.25, -0.2) is 0 Å². The van der Waals surface area contributed by atoms with Gasteiger partial charge in [-0.3, -0.25) is 9.59 Å². The molecule has 9 nitrogen and oxygen atoms in total. The van der Waals surface area contributed by atoms with Crippen molar-refractivity contribution in [3.63, 3.8) is 0 Å². The van der Waals surface area contributed by atoms with Gasteiger partial charge in [0, 0.05) is 12.8 Å². The summed E-state index contributed by atoms with van der Waals surface area (Å²) in [5.41, 5.74) is 0. The van der Waals surface area contributed by atoms with Gasteiger partial charge in [0.2, 0.25) is 0 Å². The maximum absolute atomic E-state index is 12.6. The standard InChI is InChI=1S/C35H66O9/c1-3-5-7-9-10-11-12-13-14-15-16-17-18-20-22-23-32(39)43-30(26-37)34-35(41-27-29(38)25-36)31(28-42-34)44-33(40)24-21-19-8-6-4-2/h29-31,34-38H,3-28H2,1-2H3/t29?,30-,31+,34-,35-/m1/s1. The molecule has 0 aliphatic carbocycles. The van der Waals surface area contributed by atoms with E-state index in [9.17, 15) is 24.9 Å². The van der Waals surface area contributed by atoms with Crippen molar-refractivity contribution < 1.29 is 43.9 Å². The lowest BCUT2D eigenvalue weighted by Crippen LogP contribution is -2.46. The van der Waals surface area contributed by atoms with Crippen molar-refractivity contribution in [2.75, 3.05) is 26.4 Å². The summed E-state index contributed by atoms with van der Waals surface area (Å²) in [4.78, 5) is 25.0. The molecule has 0 bridgehead atoms. The number of hydrogen-bond donors (Lipinski definition) is 3. The quantitative estimate of drug-likeness (QED) is 0.0596. The molecule has 1 aliphatic heterocycles. The summed E-state index contributed by atoms with van der Waals surface area (Å²) in [6.45, 7) is 3.24. The second-order valence-electron chi connectivity index (χ2n) is 12.5. The predicted molar refractivity (Wildman–Crippen MR) is 172 cm³/mol. The molecule has 0 aromatic heterocycles.